The number of benzene rings is 2. The van der Waals surface area contributed by atoms with Gasteiger partial charge in [0.05, 0.1) is 13.2 Å². The Morgan fingerprint density at radius 1 is 1.08 bits per heavy atom. The predicted octanol–water partition coefficient (Wildman–Crippen LogP) is 5.37. The van der Waals surface area contributed by atoms with Gasteiger partial charge in [0.25, 0.3) is 0 Å². The molecule has 24 heavy (non-hydrogen) atoms. The van der Waals surface area contributed by atoms with Crippen LogP contribution < -0.4 is 10.1 Å². The molecule has 2 aromatic carbocycles. The summed E-state index contributed by atoms with van der Waals surface area (Å²) in [5.74, 6) is 1.23. The lowest BCUT2D eigenvalue weighted by Gasteiger charge is -2.31. The molecule has 3 rings (SSSR count). The van der Waals surface area contributed by atoms with Gasteiger partial charge in [0.15, 0.2) is 0 Å². The number of rotatable bonds is 5. The first-order valence-corrected chi connectivity index (χ1v) is 9.15. The molecule has 2 atom stereocenters. The predicted molar refractivity (Wildman–Crippen MR) is 100 cm³/mol. The zero-order chi connectivity index (χ0) is 16.9. The monoisotopic (exact) mass is 387 g/mol. The average molecular weight is 388 g/mol. The Kier molecular flexibility index (Phi) is 5.56. The Balaban J connectivity index is 1.88. The van der Waals surface area contributed by atoms with Gasteiger partial charge >= 0.3 is 0 Å². The van der Waals surface area contributed by atoms with Crippen LogP contribution in [0.2, 0.25) is 0 Å². The summed E-state index contributed by atoms with van der Waals surface area (Å²) < 4.78 is 6.26. The van der Waals surface area contributed by atoms with Crippen LogP contribution >= 0.6 is 15.9 Å². The van der Waals surface area contributed by atoms with Gasteiger partial charge in [-0.05, 0) is 54.8 Å². The number of Topliss-reactive ketones (excluding diaryl/α,β-unsaturated/α-hetero) is 1. The van der Waals surface area contributed by atoms with Gasteiger partial charge in [-0.2, -0.15) is 0 Å². The van der Waals surface area contributed by atoms with E-state index in [-0.39, 0.29) is 12.0 Å². The fraction of sp³-hybridized carbons (Fsp3) is 0.350. The summed E-state index contributed by atoms with van der Waals surface area (Å²) >= 11 is 3.48. The first kappa shape index (κ1) is 17.0. The second-order valence-electron chi connectivity index (χ2n) is 6.22. The summed E-state index contributed by atoms with van der Waals surface area (Å²) in [7, 11) is 1.66. The molecule has 0 aromatic heterocycles. The van der Waals surface area contributed by atoms with Gasteiger partial charge in [-0.15, -0.1) is 0 Å². The molecular formula is C20H22BrNO2. The van der Waals surface area contributed by atoms with Crippen molar-refractivity contribution in [1.29, 1.82) is 0 Å². The summed E-state index contributed by atoms with van der Waals surface area (Å²) in [4.78, 5) is 12.5. The number of carbonyl (C=O) groups is 1. The fourth-order valence-corrected chi connectivity index (χ4v) is 3.58. The number of methoxy groups -OCH3 is 1. The maximum Gasteiger partial charge on any atom is 0.138 e. The second kappa shape index (κ2) is 7.84. The number of halogens is 1. The van der Waals surface area contributed by atoms with Crippen LogP contribution in [0.1, 0.15) is 37.3 Å². The van der Waals surface area contributed by atoms with E-state index in [1.165, 1.54) is 0 Å². The quantitative estimate of drug-likeness (QED) is 0.748. The molecule has 0 unspecified atom stereocenters. The Bertz CT molecular complexity index is 682. The van der Waals surface area contributed by atoms with Crippen molar-refractivity contribution in [2.75, 3.05) is 12.4 Å². The van der Waals surface area contributed by atoms with Crippen LogP contribution in [0.5, 0.6) is 5.75 Å². The van der Waals surface area contributed by atoms with E-state index in [1.807, 2.05) is 36.4 Å². The van der Waals surface area contributed by atoms with E-state index in [0.29, 0.717) is 12.2 Å². The van der Waals surface area contributed by atoms with Crippen molar-refractivity contribution < 1.29 is 9.53 Å². The van der Waals surface area contributed by atoms with Crippen LogP contribution in [0.25, 0.3) is 0 Å². The molecule has 1 aliphatic rings. The van der Waals surface area contributed by atoms with Crippen LogP contribution in [-0.4, -0.2) is 12.9 Å². The smallest absolute Gasteiger partial charge is 0.138 e. The first-order chi connectivity index (χ1) is 11.7. The molecule has 1 fully saturated rings. The minimum atomic E-state index is -0.000653. The fourth-order valence-electron chi connectivity index (χ4n) is 3.32. The van der Waals surface area contributed by atoms with E-state index in [4.69, 9.17) is 4.74 Å². The average Bonchev–Trinajstić information content (AvgIpc) is 2.62. The molecule has 0 aliphatic heterocycles. The number of anilines is 1. The molecule has 0 heterocycles. The number of ether oxygens (including phenoxy) is 1. The van der Waals surface area contributed by atoms with Crippen LogP contribution in [-0.2, 0) is 4.79 Å². The van der Waals surface area contributed by atoms with Crippen molar-refractivity contribution in [2.45, 2.75) is 31.7 Å². The minimum absolute atomic E-state index is 0.000653. The van der Waals surface area contributed by atoms with Gasteiger partial charge in [-0.3, -0.25) is 4.79 Å². The first-order valence-electron chi connectivity index (χ1n) is 8.36. The molecule has 126 valence electrons. The van der Waals surface area contributed by atoms with Gasteiger partial charge < -0.3 is 10.1 Å². The van der Waals surface area contributed by atoms with E-state index in [2.05, 4.69) is 33.4 Å². The molecule has 4 heteroatoms. The highest BCUT2D eigenvalue weighted by Gasteiger charge is 2.31. The third-order valence-corrected chi connectivity index (χ3v) is 5.17. The number of carbonyl (C=O) groups excluding carboxylic acids is 1. The summed E-state index contributed by atoms with van der Waals surface area (Å²) in [6.07, 6.45) is 3.78. The minimum Gasteiger partial charge on any atom is -0.497 e. The lowest BCUT2D eigenvalue weighted by atomic mass is 9.80. The summed E-state index contributed by atoms with van der Waals surface area (Å²) in [6, 6.07) is 16.1. The van der Waals surface area contributed by atoms with Gasteiger partial charge in [0.1, 0.15) is 11.5 Å². The van der Waals surface area contributed by atoms with Crippen molar-refractivity contribution in [1.82, 2.24) is 0 Å². The van der Waals surface area contributed by atoms with E-state index in [1.54, 1.807) is 7.11 Å². The largest absolute Gasteiger partial charge is 0.497 e. The Labute approximate surface area is 151 Å². The topological polar surface area (TPSA) is 38.3 Å². The number of ketones is 1. The lowest BCUT2D eigenvalue weighted by Crippen LogP contribution is -2.30. The van der Waals surface area contributed by atoms with Crippen LogP contribution in [0.3, 0.4) is 0 Å². The number of hydrogen-bond donors (Lipinski definition) is 1. The summed E-state index contributed by atoms with van der Waals surface area (Å²) in [5, 5.41) is 3.57. The standard InChI is InChI=1S/C20H22BrNO2/c1-24-17-12-10-16(11-13-17)22-20(14-6-8-15(21)9-7-14)18-4-2-3-5-19(18)23/h6-13,18,20,22H,2-5H2,1H3/t18-,20-/m1/s1. The number of hydrogen-bond acceptors (Lipinski definition) is 3. The normalized spacial score (nSPS) is 18.9. The van der Waals surface area contributed by atoms with Crippen LogP contribution in [0.4, 0.5) is 5.69 Å². The Hall–Kier alpha value is -1.81. The van der Waals surface area contributed by atoms with E-state index >= 15 is 0 Å². The summed E-state index contributed by atoms with van der Waals surface area (Å²) in [6.45, 7) is 0. The molecule has 0 amide bonds. The molecule has 0 bridgehead atoms. The lowest BCUT2D eigenvalue weighted by molar-refractivity contribution is -0.125. The molecule has 0 radical (unpaired) electrons. The van der Waals surface area contributed by atoms with Gasteiger partial charge in [-0.1, -0.05) is 34.5 Å². The highest BCUT2D eigenvalue weighted by molar-refractivity contribution is 9.10. The van der Waals surface area contributed by atoms with Gasteiger partial charge in [-0.25, -0.2) is 0 Å². The SMILES string of the molecule is COc1ccc(N[C@H](c2ccc(Br)cc2)[C@@H]2CCCCC2=O)cc1. The maximum atomic E-state index is 12.5. The third kappa shape index (κ3) is 3.99. The van der Waals surface area contributed by atoms with Crippen molar-refractivity contribution >= 4 is 27.4 Å². The van der Waals surface area contributed by atoms with Crippen LogP contribution in [0, 0.1) is 5.92 Å². The van der Waals surface area contributed by atoms with Crippen molar-refractivity contribution in [3.63, 3.8) is 0 Å². The molecular weight excluding hydrogens is 366 g/mol. The molecule has 0 saturated heterocycles. The van der Waals surface area contributed by atoms with Crippen LogP contribution in [0.15, 0.2) is 53.0 Å². The molecule has 1 N–H and O–H groups in total. The zero-order valence-electron chi connectivity index (χ0n) is 13.8. The van der Waals surface area contributed by atoms with E-state index < -0.39 is 0 Å². The molecule has 2 aromatic rings. The highest BCUT2D eigenvalue weighted by atomic mass is 79.9. The Morgan fingerprint density at radius 3 is 2.42 bits per heavy atom. The number of nitrogens with one attached hydrogen (secondary N) is 1. The maximum absolute atomic E-state index is 12.5. The van der Waals surface area contributed by atoms with Gasteiger partial charge in [0.2, 0.25) is 0 Å². The van der Waals surface area contributed by atoms with E-state index in [0.717, 1.165) is 40.7 Å². The van der Waals surface area contributed by atoms with Gasteiger partial charge in [0, 0.05) is 22.5 Å². The molecule has 1 saturated carbocycles. The van der Waals surface area contributed by atoms with Crippen molar-refractivity contribution in [3.8, 4) is 5.75 Å². The highest BCUT2D eigenvalue weighted by Crippen LogP contribution is 2.35. The molecule has 1 aliphatic carbocycles. The molecule has 0 spiro atoms. The Morgan fingerprint density at radius 2 is 1.79 bits per heavy atom. The summed E-state index contributed by atoms with van der Waals surface area (Å²) in [5.41, 5.74) is 2.15. The third-order valence-electron chi connectivity index (χ3n) is 4.65. The van der Waals surface area contributed by atoms with Crippen molar-refractivity contribution in [2.24, 2.45) is 5.92 Å². The van der Waals surface area contributed by atoms with Crippen molar-refractivity contribution in [3.05, 3.63) is 58.6 Å². The zero-order valence-corrected chi connectivity index (χ0v) is 15.4. The van der Waals surface area contributed by atoms with E-state index in [9.17, 15) is 4.79 Å². The second-order valence-corrected chi connectivity index (χ2v) is 7.14. The molecule has 3 nitrogen and oxygen atoms in total.